The summed E-state index contributed by atoms with van der Waals surface area (Å²) in [5.74, 6) is -1.86. The average Bonchev–Trinajstić information content (AvgIpc) is 3.42. The van der Waals surface area contributed by atoms with Crippen molar-refractivity contribution in [2.75, 3.05) is 13.6 Å². The zero-order chi connectivity index (χ0) is 33.8. The summed E-state index contributed by atoms with van der Waals surface area (Å²) in [6, 6.07) is 29.0. The van der Waals surface area contributed by atoms with Gasteiger partial charge in [-0.15, -0.1) is 0 Å². The van der Waals surface area contributed by atoms with Gasteiger partial charge in [-0.05, 0) is 54.4 Å². The highest BCUT2D eigenvalue weighted by Crippen LogP contribution is 2.38. The van der Waals surface area contributed by atoms with Crippen LogP contribution < -0.4 is 5.32 Å². The second-order valence-electron chi connectivity index (χ2n) is 12.2. The van der Waals surface area contributed by atoms with E-state index in [1.165, 1.54) is 18.2 Å². The molecule has 2 aliphatic rings. The molecule has 10 heteroatoms. The Morgan fingerprint density at radius 1 is 0.875 bits per heavy atom. The minimum Gasteiger partial charge on any atom is -0.392 e. The molecule has 1 fully saturated rings. The summed E-state index contributed by atoms with van der Waals surface area (Å²) in [6.45, 7) is 2.76. The average molecular weight is 651 g/mol. The Morgan fingerprint density at radius 3 is 2.25 bits per heavy atom. The Hall–Kier alpha value is -4.71. The summed E-state index contributed by atoms with van der Waals surface area (Å²) in [5.41, 5.74) is 4.79. The molecule has 6 rings (SSSR count). The van der Waals surface area contributed by atoms with E-state index < -0.39 is 24.3 Å². The number of nitrogens with one attached hydrogen (secondary N) is 1. The first-order valence-electron chi connectivity index (χ1n) is 15.9. The maximum atomic E-state index is 12.8. The highest BCUT2D eigenvalue weighted by molar-refractivity contribution is 6.15. The number of esters is 2. The van der Waals surface area contributed by atoms with Crippen LogP contribution in [0.4, 0.5) is 0 Å². The molecule has 0 aromatic heterocycles. The van der Waals surface area contributed by atoms with Gasteiger partial charge in [-0.3, -0.25) is 9.69 Å². The van der Waals surface area contributed by atoms with Gasteiger partial charge >= 0.3 is 11.9 Å². The fraction of sp³-hybridized carbons (Fsp3) is 0.289. The van der Waals surface area contributed by atoms with E-state index in [9.17, 15) is 24.6 Å². The molecule has 248 valence electrons. The van der Waals surface area contributed by atoms with E-state index in [4.69, 9.17) is 9.47 Å². The third-order valence-corrected chi connectivity index (χ3v) is 9.01. The van der Waals surface area contributed by atoms with E-state index in [1.54, 1.807) is 0 Å². The molecular formula is C38H38N2O8. The number of hydrogen-bond donors (Lipinski definition) is 3. The summed E-state index contributed by atoms with van der Waals surface area (Å²) >= 11 is 0. The molecule has 0 spiro atoms. The molecule has 0 saturated carbocycles. The van der Waals surface area contributed by atoms with Gasteiger partial charge in [-0.2, -0.15) is 0 Å². The molecule has 10 nitrogen and oxygen atoms in total. The quantitative estimate of drug-likeness (QED) is 0.151. The maximum absolute atomic E-state index is 12.8. The Labute approximate surface area is 278 Å². The van der Waals surface area contributed by atoms with Crippen LogP contribution in [0.1, 0.15) is 90.7 Å². The van der Waals surface area contributed by atoms with Gasteiger partial charge in [0.15, 0.2) is 6.29 Å². The van der Waals surface area contributed by atoms with Crippen LogP contribution in [-0.2, 0) is 27.4 Å². The van der Waals surface area contributed by atoms with Gasteiger partial charge in [0.2, 0.25) is 0 Å². The fourth-order valence-electron chi connectivity index (χ4n) is 5.99. The van der Waals surface area contributed by atoms with Crippen molar-refractivity contribution in [3.63, 3.8) is 0 Å². The van der Waals surface area contributed by atoms with Crippen LogP contribution >= 0.6 is 0 Å². The molecule has 48 heavy (non-hydrogen) atoms. The Morgan fingerprint density at radius 2 is 1.54 bits per heavy atom. The number of fused-ring (bicyclic) bond motifs is 1. The number of cyclic esters (lactones) is 2. The highest BCUT2D eigenvalue weighted by atomic mass is 16.7. The zero-order valence-corrected chi connectivity index (χ0v) is 26.7. The number of carbonyl (C=O) groups excluding carboxylic acids is 3. The Balaban J connectivity index is 1.13. The van der Waals surface area contributed by atoms with Gasteiger partial charge in [-0.1, -0.05) is 78.9 Å². The monoisotopic (exact) mass is 650 g/mol. The normalized spacial score (nSPS) is 20.2. The van der Waals surface area contributed by atoms with E-state index in [-0.39, 0.29) is 54.0 Å². The van der Waals surface area contributed by atoms with Gasteiger partial charge in [0.05, 0.1) is 36.0 Å². The smallest absolute Gasteiger partial charge is 0.346 e. The summed E-state index contributed by atoms with van der Waals surface area (Å²) in [6.07, 6.45) is -1.19. The molecule has 1 saturated heterocycles. The van der Waals surface area contributed by atoms with E-state index in [0.29, 0.717) is 13.0 Å². The number of likely N-dealkylation sites (N-methyl/N-ethyl adjacent to an activating group) is 1. The van der Waals surface area contributed by atoms with Crippen molar-refractivity contribution in [2.24, 2.45) is 0 Å². The molecular weight excluding hydrogens is 612 g/mol. The maximum Gasteiger partial charge on any atom is 0.346 e. The molecule has 1 amide bonds. The first kappa shape index (κ1) is 33.2. The molecule has 5 atom stereocenters. The molecule has 2 aliphatic heterocycles. The van der Waals surface area contributed by atoms with Crippen LogP contribution in [0.5, 0.6) is 0 Å². The number of nitrogens with zero attached hydrogens (tertiary/aromatic N) is 1. The van der Waals surface area contributed by atoms with Crippen LogP contribution in [0.3, 0.4) is 0 Å². The number of amides is 1. The predicted molar refractivity (Wildman–Crippen MR) is 176 cm³/mol. The van der Waals surface area contributed by atoms with Crippen LogP contribution in [0.2, 0.25) is 0 Å². The number of ether oxygens (including phenoxy) is 3. The molecule has 0 radical (unpaired) electrons. The number of aliphatic hydroxyl groups excluding tert-OH is 2. The summed E-state index contributed by atoms with van der Waals surface area (Å²) < 4.78 is 17.6. The van der Waals surface area contributed by atoms with Crippen LogP contribution in [0, 0.1) is 0 Å². The lowest BCUT2D eigenvalue weighted by Gasteiger charge is -2.39. The van der Waals surface area contributed by atoms with Crippen molar-refractivity contribution in [3.8, 4) is 0 Å². The first-order chi connectivity index (χ1) is 23.2. The number of hydrogen-bond acceptors (Lipinski definition) is 9. The van der Waals surface area contributed by atoms with Gasteiger partial charge in [0.25, 0.3) is 5.91 Å². The highest BCUT2D eigenvalue weighted by Gasteiger charge is 2.34. The summed E-state index contributed by atoms with van der Waals surface area (Å²) in [5, 5.41) is 23.4. The molecule has 0 bridgehead atoms. The lowest BCUT2D eigenvalue weighted by molar-refractivity contribution is -0.253. The molecule has 2 heterocycles. The lowest BCUT2D eigenvalue weighted by Crippen LogP contribution is -2.43. The van der Waals surface area contributed by atoms with Gasteiger partial charge in [0.1, 0.15) is 0 Å². The van der Waals surface area contributed by atoms with Gasteiger partial charge < -0.3 is 29.7 Å². The zero-order valence-electron chi connectivity index (χ0n) is 26.7. The number of rotatable bonds is 11. The van der Waals surface area contributed by atoms with Crippen molar-refractivity contribution >= 4 is 17.8 Å². The topological polar surface area (TPSA) is 135 Å². The van der Waals surface area contributed by atoms with Crippen molar-refractivity contribution in [1.82, 2.24) is 10.2 Å². The van der Waals surface area contributed by atoms with Gasteiger partial charge in [-0.25, -0.2) is 9.59 Å². The minimum atomic E-state index is -0.759. The standard InChI is InChI=1S/C38H38N2O8/c1-23(34(42)27-6-4-3-5-7-27)40(2)21-30-19-33(26-12-10-25(22-41)11-13-26)47-38(46-30)28-14-8-24(9-15-28)20-39-35(43)29-16-17-31-32(18-29)37(45)48-36(31)44/h3-18,23,30,33-34,38,41-42H,19-22H2,1-2H3,(H,39,43). The van der Waals surface area contributed by atoms with E-state index in [0.717, 1.165) is 27.8 Å². The van der Waals surface area contributed by atoms with E-state index in [1.807, 2.05) is 92.8 Å². The van der Waals surface area contributed by atoms with Gasteiger partial charge in [0, 0.05) is 36.7 Å². The van der Waals surface area contributed by atoms with Crippen LogP contribution in [0.25, 0.3) is 0 Å². The molecule has 4 aromatic rings. The number of aliphatic hydroxyl groups is 2. The van der Waals surface area contributed by atoms with Crippen LogP contribution in [0.15, 0.2) is 97.1 Å². The second kappa shape index (κ2) is 14.6. The molecule has 4 aromatic carbocycles. The lowest BCUT2D eigenvalue weighted by atomic mass is 9.98. The summed E-state index contributed by atoms with van der Waals surface area (Å²) in [7, 11) is 1.98. The SMILES string of the molecule is CC(C(O)c1ccccc1)N(C)CC1CC(c2ccc(CO)cc2)OC(c2ccc(CNC(=O)c3ccc4c(c3)C(=O)OC4=O)cc2)O1. The predicted octanol–water partition coefficient (Wildman–Crippen LogP) is 5.02. The second-order valence-corrected chi connectivity index (χ2v) is 12.2. The number of carbonyl (C=O) groups is 3. The Kier molecular flexibility index (Phi) is 10.1. The molecule has 0 aliphatic carbocycles. The van der Waals surface area contributed by atoms with E-state index in [2.05, 4.69) is 15.0 Å². The third kappa shape index (κ3) is 7.38. The third-order valence-electron chi connectivity index (χ3n) is 9.01. The van der Waals surface area contributed by atoms with E-state index >= 15 is 0 Å². The number of benzene rings is 4. The Bertz CT molecular complexity index is 1760. The largest absolute Gasteiger partial charge is 0.392 e. The van der Waals surface area contributed by atoms with Crippen molar-refractivity contribution in [2.45, 2.75) is 57.1 Å². The summed E-state index contributed by atoms with van der Waals surface area (Å²) in [4.78, 5) is 38.5. The van der Waals surface area contributed by atoms with Crippen LogP contribution in [-0.4, -0.2) is 58.7 Å². The van der Waals surface area contributed by atoms with Crippen molar-refractivity contribution in [3.05, 3.63) is 142 Å². The molecule has 5 unspecified atom stereocenters. The fourth-order valence-corrected chi connectivity index (χ4v) is 5.99. The van der Waals surface area contributed by atoms with Crippen molar-refractivity contribution in [1.29, 1.82) is 0 Å². The minimum absolute atomic E-state index is 0.0393. The first-order valence-corrected chi connectivity index (χ1v) is 15.9. The van der Waals surface area contributed by atoms with Crippen molar-refractivity contribution < 1.29 is 38.8 Å². The molecule has 3 N–H and O–H groups in total.